The molecule has 1 heterocycles. The molecule has 0 fully saturated rings. The number of aryl methyl sites for hydroxylation is 1. The summed E-state index contributed by atoms with van der Waals surface area (Å²) in [6.07, 6.45) is 8.96. The normalized spacial score (nSPS) is 13.1. The predicted octanol–water partition coefficient (Wildman–Crippen LogP) is 2.42. The van der Waals surface area contributed by atoms with Gasteiger partial charge in [-0.15, -0.1) is 0 Å². The van der Waals surface area contributed by atoms with Crippen LogP contribution in [0.5, 0.6) is 0 Å². The molecule has 0 saturated carbocycles. The highest BCUT2D eigenvalue weighted by Crippen LogP contribution is 2.18. The van der Waals surface area contributed by atoms with Crippen molar-refractivity contribution in [1.82, 2.24) is 9.78 Å². The maximum Gasteiger partial charge on any atom is 0.0820 e. The van der Waals surface area contributed by atoms with Gasteiger partial charge in [0.05, 0.1) is 12.3 Å². The van der Waals surface area contributed by atoms with Gasteiger partial charge in [0.2, 0.25) is 0 Å². The number of hydrogen-bond acceptors (Lipinski definition) is 2. The van der Waals surface area contributed by atoms with Crippen molar-refractivity contribution in [2.45, 2.75) is 45.1 Å². The first-order valence-corrected chi connectivity index (χ1v) is 5.40. The van der Waals surface area contributed by atoms with E-state index in [-0.39, 0.29) is 6.10 Å². The Morgan fingerprint density at radius 2 is 2.21 bits per heavy atom. The Kier molecular flexibility index (Phi) is 4.66. The molecule has 1 rings (SSSR count). The van der Waals surface area contributed by atoms with Gasteiger partial charge < -0.3 is 5.11 Å². The SMILES string of the molecule is CCCCCCC(O)c1cnn(C)c1. The van der Waals surface area contributed by atoms with E-state index in [2.05, 4.69) is 12.0 Å². The molecule has 3 heteroatoms. The molecule has 0 amide bonds. The van der Waals surface area contributed by atoms with E-state index in [0.29, 0.717) is 0 Å². The molecule has 0 aromatic carbocycles. The van der Waals surface area contributed by atoms with Crippen LogP contribution in [0.1, 0.15) is 50.7 Å². The number of aliphatic hydroxyl groups is 1. The lowest BCUT2D eigenvalue weighted by Gasteiger charge is -2.07. The van der Waals surface area contributed by atoms with Gasteiger partial charge in [0, 0.05) is 18.8 Å². The summed E-state index contributed by atoms with van der Waals surface area (Å²) in [5.41, 5.74) is 0.934. The van der Waals surface area contributed by atoms with Crippen molar-refractivity contribution in [2.75, 3.05) is 0 Å². The van der Waals surface area contributed by atoms with E-state index in [1.54, 1.807) is 10.9 Å². The standard InChI is InChI=1S/C11H20N2O/c1-3-4-5-6-7-11(14)10-8-12-13(2)9-10/h8-9,11,14H,3-7H2,1-2H3. The van der Waals surface area contributed by atoms with Crippen LogP contribution in [0.25, 0.3) is 0 Å². The van der Waals surface area contributed by atoms with E-state index in [1.807, 2.05) is 13.2 Å². The lowest BCUT2D eigenvalue weighted by molar-refractivity contribution is 0.163. The summed E-state index contributed by atoms with van der Waals surface area (Å²) in [6, 6.07) is 0. The molecule has 1 aromatic heterocycles. The lowest BCUT2D eigenvalue weighted by Crippen LogP contribution is -1.95. The van der Waals surface area contributed by atoms with Crippen molar-refractivity contribution >= 4 is 0 Å². The quantitative estimate of drug-likeness (QED) is 0.709. The van der Waals surface area contributed by atoms with Crippen LogP contribution in [0, 0.1) is 0 Å². The maximum atomic E-state index is 9.78. The van der Waals surface area contributed by atoms with E-state index < -0.39 is 0 Å². The molecule has 14 heavy (non-hydrogen) atoms. The minimum absolute atomic E-state index is 0.333. The minimum atomic E-state index is -0.333. The van der Waals surface area contributed by atoms with Crippen LogP contribution in [0.15, 0.2) is 12.4 Å². The largest absolute Gasteiger partial charge is 0.388 e. The maximum absolute atomic E-state index is 9.78. The molecule has 0 bridgehead atoms. The molecular weight excluding hydrogens is 176 g/mol. The van der Waals surface area contributed by atoms with Crippen molar-refractivity contribution in [2.24, 2.45) is 7.05 Å². The third-order valence-electron chi connectivity index (χ3n) is 2.44. The third kappa shape index (κ3) is 3.50. The summed E-state index contributed by atoms with van der Waals surface area (Å²) in [7, 11) is 1.87. The van der Waals surface area contributed by atoms with Crippen molar-refractivity contribution in [3.05, 3.63) is 18.0 Å². The third-order valence-corrected chi connectivity index (χ3v) is 2.44. The molecule has 80 valence electrons. The van der Waals surface area contributed by atoms with Crippen LogP contribution in [0.3, 0.4) is 0 Å². The molecular formula is C11H20N2O. The second-order valence-electron chi connectivity index (χ2n) is 3.81. The Bertz CT molecular complexity index is 258. The summed E-state index contributed by atoms with van der Waals surface area (Å²) in [4.78, 5) is 0. The van der Waals surface area contributed by atoms with E-state index in [9.17, 15) is 5.11 Å². The average Bonchev–Trinajstić information content (AvgIpc) is 2.59. The fourth-order valence-corrected chi connectivity index (χ4v) is 1.54. The van der Waals surface area contributed by atoms with Crippen molar-refractivity contribution in [3.63, 3.8) is 0 Å². The summed E-state index contributed by atoms with van der Waals surface area (Å²) < 4.78 is 1.73. The highest BCUT2D eigenvalue weighted by Gasteiger charge is 2.08. The summed E-state index contributed by atoms with van der Waals surface area (Å²) in [5.74, 6) is 0. The monoisotopic (exact) mass is 196 g/mol. The van der Waals surface area contributed by atoms with Gasteiger partial charge in [0.1, 0.15) is 0 Å². The number of nitrogens with zero attached hydrogens (tertiary/aromatic N) is 2. The van der Waals surface area contributed by atoms with Crippen LogP contribution in [-0.4, -0.2) is 14.9 Å². The Morgan fingerprint density at radius 1 is 1.43 bits per heavy atom. The zero-order valence-electron chi connectivity index (χ0n) is 9.11. The van der Waals surface area contributed by atoms with E-state index >= 15 is 0 Å². The molecule has 0 aliphatic heterocycles. The molecule has 0 radical (unpaired) electrons. The van der Waals surface area contributed by atoms with Crippen LogP contribution >= 0.6 is 0 Å². The van der Waals surface area contributed by atoms with E-state index in [1.165, 1.54) is 19.3 Å². The number of aliphatic hydroxyl groups excluding tert-OH is 1. The second kappa shape index (κ2) is 5.81. The number of unbranched alkanes of at least 4 members (excludes halogenated alkanes) is 3. The van der Waals surface area contributed by atoms with Gasteiger partial charge in [0.25, 0.3) is 0 Å². The Balaban J connectivity index is 2.25. The zero-order valence-corrected chi connectivity index (χ0v) is 9.11. The van der Waals surface area contributed by atoms with Gasteiger partial charge in [-0.05, 0) is 6.42 Å². The van der Waals surface area contributed by atoms with Gasteiger partial charge in [-0.25, -0.2) is 0 Å². The average molecular weight is 196 g/mol. The zero-order chi connectivity index (χ0) is 10.4. The lowest BCUT2D eigenvalue weighted by atomic mass is 10.1. The molecule has 0 aliphatic rings. The first-order valence-electron chi connectivity index (χ1n) is 5.40. The molecule has 1 aromatic rings. The smallest absolute Gasteiger partial charge is 0.0820 e. The molecule has 0 spiro atoms. The van der Waals surface area contributed by atoms with Crippen molar-refractivity contribution < 1.29 is 5.11 Å². The highest BCUT2D eigenvalue weighted by molar-refractivity contribution is 5.07. The fourth-order valence-electron chi connectivity index (χ4n) is 1.54. The topological polar surface area (TPSA) is 38.1 Å². The Hall–Kier alpha value is -0.830. The number of hydrogen-bond donors (Lipinski definition) is 1. The van der Waals surface area contributed by atoms with E-state index in [0.717, 1.165) is 18.4 Å². The van der Waals surface area contributed by atoms with Crippen LogP contribution in [-0.2, 0) is 7.05 Å². The highest BCUT2D eigenvalue weighted by atomic mass is 16.3. The van der Waals surface area contributed by atoms with Gasteiger partial charge in [-0.1, -0.05) is 32.6 Å². The van der Waals surface area contributed by atoms with Crippen LogP contribution in [0.4, 0.5) is 0 Å². The molecule has 0 aliphatic carbocycles. The van der Waals surface area contributed by atoms with Gasteiger partial charge in [-0.3, -0.25) is 4.68 Å². The summed E-state index contributed by atoms with van der Waals surface area (Å²) in [6.45, 7) is 2.19. The fraction of sp³-hybridized carbons (Fsp3) is 0.727. The Morgan fingerprint density at radius 3 is 2.79 bits per heavy atom. The Labute approximate surface area is 85.8 Å². The molecule has 0 saturated heterocycles. The predicted molar refractivity (Wildman–Crippen MR) is 56.9 cm³/mol. The minimum Gasteiger partial charge on any atom is -0.388 e. The number of rotatable bonds is 6. The van der Waals surface area contributed by atoms with Gasteiger partial charge in [-0.2, -0.15) is 5.10 Å². The molecule has 1 unspecified atom stereocenters. The second-order valence-corrected chi connectivity index (χ2v) is 3.81. The van der Waals surface area contributed by atoms with Crippen LogP contribution < -0.4 is 0 Å². The van der Waals surface area contributed by atoms with Crippen LogP contribution in [0.2, 0.25) is 0 Å². The van der Waals surface area contributed by atoms with Crippen molar-refractivity contribution in [1.29, 1.82) is 0 Å². The van der Waals surface area contributed by atoms with Gasteiger partial charge >= 0.3 is 0 Å². The van der Waals surface area contributed by atoms with E-state index in [4.69, 9.17) is 0 Å². The van der Waals surface area contributed by atoms with Gasteiger partial charge in [0.15, 0.2) is 0 Å². The molecule has 3 nitrogen and oxygen atoms in total. The molecule has 1 N–H and O–H groups in total. The summed E-state index contributed by atoms with van der Waals surface area (Å²) in [5, 5.41) is 13.8. The number of aromatic nitrogens is 2. The first-order chi connectivity index (χ1) is 6.74. The molecule has 1 atom stereocenters. The van der Waals surface area contributed by atoms with Crippen molar-refractivity contribution in [3.8, 4) is 0 Å². The summed E-state index contributed by atoms with van der Waals surface area (Å²) >= 11 is 0. The first kappa shape index (κ1) is 11.2.